The van der Waals surface area contributed by atoms with E-state index in [1.807, 2.05) is 24.3 Å². The number of nitrogens with one attached hydrogen (secondary N) is 2. The van der Waals surface area contributed by atoms with Crippen LogP contribution < -0.4 is 10.1 Å². The first kappa shape index (κ1) is 19.5. The van der Waals surface area contributed by atoms with Gasteiger partial charge in [0.05, 0.1) is 23.3 Å². The molecule has 2 heterocycles. The number of amides is 1. The zero-order valence-electron chi connectivity index (χ0n) is 15.6. The monoisotopic (exact) mass is 421 g/mol. The van der Waals surface area contributed by atoms with E-state index in [-0.39, 0.29) is 23.2 Å². The number of fused-ring (bicyclic) bond motifs is 1. The van der Waals surface area contributed by atoms with Crippen LogP contribution in [0.5, 0.6) is 11.6 Å². The van der Waals surface area contributed by atoms with Gasteiger partial charge in [0, 0.05) is 17.0 Å². The number of para-hydroxylation sites is 1. The number of nitrogens with zero attached hydrogens (tertiary/aromatic N) is 1. The quantitative estimate of drug-likeness (QED) is 0.411. The summed E-state index contributed by atoms with van der Waals surface area (Å²) in [5.41, 5.74) is 2.41. The number of halogens is 1. The molecule has 0 radical (unpaired) electrons. The number of pyridine rings is 1. The minimum Gasteiger partial charge on any atom is -0.481 e. The van der Waals surface area contributed by atoms with E-state index >= 15 is 0 Å². The lowest BCUT2D eigenvalue weighted by atomic mass is 10.1. The number of anilines is 1. The summed E-state index contributed by atoms with van der Waals surface area (Å²) in [5.74, 6) is -0.579. The second-order valence-corrected chi connectivity index (χ2v) is 6.95. The van der Waals surface area contributed by atoms with Crippen molar-refractivity contribution in [2.75, 3.05) is 5.32 Å². The van der Waals surface area contributed by atoms with Crippen LogP contribution in [0.25, 0.3) is 10.9 Å². The van der Waals surface area contributed by atoms with Gasteiger partial charge in [-0.05, 0) is 35.9 Å². The number of rotatable bonds is 6. The number of hydrogen-bond acceptors (Lipinski definition) is 4. The van der Waals surface area contributed by atoms with Crippen LogP contribution in [-0.2, 0) is 11.2 Å². The standard InChI is InChI=1S/C22H16ClN3O4/c23-16-9-13(10-21(27)28)5-7-19(16)30-20-8-6-15(12-24-20)25-22(29)18-11-14-3-1-2-4-17(14)26-18/h1-9,11-12,26H,10H2,(H,25,29)(H,27,28). The van der Waals surface area contributed by atoms with E-state index in [2.05, 4.69) is 15.3 Å². The van der Waals surface area contributed by atoms with Gasteiger partial charge in [-0.1, -0.05) is 35.9 Å². The molecule has 0 bridgehead atoms. The fraction of sp³-hybridized carbons (Fsp3) is 0.0455. The number of carboxylic acids is 1. The molecule has 0 saturated heterocycles. The van der Waals surface area contributed by atoms with E-state index < -0.39 is 5.97 Å². The van der Waals surface area contributed by atoms with Crippen molar-refractivity contribution < 1.29 is 19.4 Å². The lowest BCUT2D eigenvalue weighted by molar-refractivity contribution is -0.136. The van der Waals surface area contributed by atoms with Crippen molar-refractivity contribution in [3.8, 4) is 11.6 Å². The van der Waals surface area contributed by atoms with Crippen LogP contribution >= 0.6 is 11.6 Å². The molecule has 2 aromatic carbocycles. The van der Waals surface area contributed by atoms with Crippen molar-refractivity contribution in [1.82, 2.24) is 9.97 Å². The lowest BCUT2D eigenvalue weighted by Gasteiger charge is -2.09. The van der Waals surface area contributed by atoms with Gasteiger partial charge in [0.1, 0.15) is 11.4 Å². The summed E-state index contributed by atoms with van der Waals surface area (Å²) in [6, 6.07) is 17.4. The van der Waals surface area contributed by atoms with Crippen LogP contribution in [0.15, 0.2) is 66.9 Å². The highest BCUT2D eigenvalue weighted by Gasteiger charge is 2.11. The molecule has 0 unspecified atom stereocenters. The predicted molar refractivity (Wildman–Crippen MR) is 113 cm³/mol. The van der Waals surface area contributed by atoms with Crippen molar-refractivity contribution in [3.05, 3.63) is 83.1 Å². The van der Waals surface area contributed by atoms with E-state index in [9.17, 15) is 9.59 Å². The highest BCUT2D eigenvalue weighted by Crippen LogP contribution is 2.30. The normalized spacial score (nSPS) is 10.7. The predicted octanol–water partition coefficient (Wildman–Crippen LogP) is 4.89. The van der Waals surface area contributed by atoms with E-state index in [4.69, 9.17) is 21.4 Å². The minimum absolute atomic E-state index is 0.122. The van der Waals surface area contributed by atoms with Crippen LogP contribution in [0.1, 0.15) is 16.1 Å². The molecular formula is C22H16ClN3O4. The Balaban J connectivity index is 1.42. The zero-order valence-corrected chi connectivity index (χ0v) is 16.3. The Labute approximate surface area is 176 Å². The number of carbonyl (C=O) groups is 2. The Kier molecular flexibility index (Phi) is 5.36. The fourth-order valence-electron chi connectivity index (χ4n) is 2.93. The van der Waals surface area contributed by atoms with Crippen LogP contribution in [0.2, 0.25) is 5.02 Å². The zero-order chi connectivity index (χ0) is 21.1. The summed E-state index contributed by atoms with van der Waals surface area (Å²) >= 11 is 6.16. The molecule has 0 aliphatic rings. The third kappa shape index (κ3) is 4.42. The lowest BCUT2D eigenvalue weighted by Crippen LogP contribution is -2.12. The van der Waals surface area contributed by atoms with E-state index in [0.29, 0.717) is 22.7 Å². The average Bonchev–Trinajstić information content (AvgIpc) is 3.15. The molecule has 0 atom stereocenters. The van der Waals surface area contributed by atoms with Gasteiger partial charge in [0.15, 0.2) is 0 Å². The van der Waals surface area contributed by atoms with E-state index in [0.717, 1.165) is 10.9 Å². The van der Waals surface area contributed by atoms with Gasteiger partial charge in [-0.15, -0.1) is 0 Å². The molecule has 0 fully saturated rings. The number of ether oxygens (including phenoxy) is 1. The molecule has 150 valence electrons. The minimum atomic E-state index is -0.938. The Bertz CT molecular complexity index is 1200. The second-order valence-electron chi connectivity index (χ2n) is 6.55. The molecule has 3 N–H and O–H groups in total. The van der Waals surface area contributed by atoms with Crippen molar-refractivity contribution in [3.63, 3.8) is 0 Å². The van der Waals surface area contributed by atoms with Crippen molar-refractivity contribution in [2.45, 2.75) is 6.42 Å². The summed E-state index contributed by atoms with van der Waals surface area (Å²) in [5, 5.41) is 12.9. The number of H-pyrrole nitrogens is 1. The largest absolute Gasteiger partial charge is 0.481 e. The number of carboxylic acid groups (broad SMARTS) is 1. The van der Waals surface area contributed by atoms with E-state index in [1.165, 1.54) is 6.20 Å². The first-order chi connectivity index (χ1) is 14.5. The Morgan fingerprint density at radius 2 is 1.93 bits per heavy atom. The summed E-state index contributed by atoms with van der Waals surface area (Å²) < 4.78 is 5.64. The summed E-state index contributed by atoms with van der Waals surface area (Å²) in [6.45, 7) is 0. The molecule has 0 aliphatic carbocycles. The third-order valence-corrected chi connectivity index (χ3v) is 4.63. The van der Waals surface area contributed by atoms with Crippen molar-refractivity contribution in [1.29, 1.82) is 0 Å². The highest BCUT2D eigenvalue weighted by molar-refractivity contribution is 6.32. The van der Waals surface area contributed by atoms with Gasteiger partial charge in [-0.2, -0.15) is 0 Å². The smallest absolute Gasteiger partial charge is 0.307 e. The molecular weight excluding hydrogens is 406 g/mol. The molecule has 7 nitrogen and oxygen atoms in total. The SMILES string of the molecule is O=C(O)Cc1ccc(Oc2ccc(NC(=O)c3cc4ccccc4[nH]3)cn2)c(Cl)c1. The molecule has 2 aromatic heterocycles. The van der Waals surface area contributed by atoms with Gasteiger partial charge < -0.3 is 20.1 Å². The van der Waals surface area contributed by atoms with Gasteiger partial charge in [0.2, 0.25) is 5.88 Å². The first-order valence-corrected chi connectivity index (χ1v) is 9.39. The third-order valence-electron chi connectivity index (χ3n) is 4.33. The van der Waals surface area contributed by atoms with Gasteiger partial charge in [0.25, 0.3) is 5.91 Å². The average molecular weight is 422 g/mol. The van der Waals surface area contributed by atoms with Crippen LogP contribution in [0, 0.1) is 0 Å². The van der Waals surface area contributed by atoms with Gasteiger partial charge in [-0.3, -0.25) is 9.59 Å². The molecule has 4 rings (SSSR count). The highest BCUT2D eigenvalue weighted by atomic mass is 35.5. The van der Waals surface area contributed by atoms with Gasteiger partial charge >= 0.3 is 5.97 Å². The molecule has 0 aliphatic heterocycles. The Morgan fingerprint density at radius 3 is 2.63 bits per heavy atom. The van der Waals surface area contributed by atoms with Gasteiger partial charge in [-0.25, -0.2) is 4.98 Å². The Morgan fingerprint density at radius 1 is 1.10 bits per heavy atom. The first-order valence-electron chi connectivity index (χ1n) is 9.01. The molecule has 0 spiro atoms. The maximum atomic E-state index is 12.5. The van der Waals surface area contributed by atoms with E-state index in [1.54, 1.807) is 36.4 Å². The number of carbonyl (C=O) groups excluding carboxylic acids is 1. The molecule has 30 heavy (non-hydrogen) atoms. The van der Waals surface area contributed by atoms with Crippen LogP contribution in [-0.4, -0.2) is 27.0 Å². The summed E-state index contributed by atoms with van der Waals surface area (Å²) in [7, 11) is 0. The fourth-order valence-corrected chi connectivity index (χ4v) is 3.17. The van der Waals surface area contributed by atoms with Crippen molar-refractivity contribution in [2.24, 2.45) is 0 Å². The molecule has 8 heteroatoms. The summed E-state index contributed by atoms with van der Waals surface area (Å²) in [4.78, 5) is 30.5. The number of aromatic amines is 1. The number of hydrogen-bond donors (Lipinski definition) is 3. The van der Waals surface area contributed by atoms with Crippen LogP contribution in [0.3, 0.4) is 0 Å². The summed E-state index contributed by atoms with van der Waals surface area (Å²) in [6.07, 6.45) is 1.35. The second kappa shape index (κ2) is 8.26. The molecule has 0 saturated carbocycles. The topological polar surface area (TPSA) is 104 Å². The maximum Gasteiger partial charge on any atom is 0.307 e. The molecule has 4 aromatic rings. The number of aromatic nitrogens is 2. The number of benzene rings is 2. The number of aliphatic carboxylic acids is 1. The molecule has 1 amide bonds. The Hall–Kier alpha value is -3.84. The van der Waals surface area contributed by atoms with Crippen molar-refractivity contribution >= 4 is 40.1 Å². The maximum absolute atomic E-state index is 12.5. The van der Waals surface area contributed by atoms with Crippen LogP contribution in [0.4, 0.5) is 5.69 Å².